The van der Waals surface area contributed by atoms with Crippen molar-refractivity contribution in [3.8, 4) is 0 Å². The molecule has 0 aromatic heterocycles. The molecule has 21 heavy (non-hydrogen) atoms. The monoisotopic (exact) mass is 351 g/mol. The van der Waals surface area contributed by atoms with Gasteiger partial charge in [0.05, 0.1) is 4.90 Å². The van der Waals surface area contributed by atoms with E-state index in [2.05, 4.69) is 0 Å². The van der Waals surface area contributed by atoms with Crippen LogP contribution >= 0.6 is 10.7 Å². The molecule has 0 aliphatic heterocycles. The third-order valence-corrected chi connectivity index (χ3v) is 3.82. The number of alkyl halides is 5. The van der Waals surface area contributed by atoms with Gasteiger partial charge in [0.2, 0.25) is 0 Å². The van der Waals surface area contributed by atoms with Gasteiger partial charge in [0.15, 0.2) is 0 Å². The number of nitrogens with one attached hydrogen (secondary N) is 1. The summed E-state index contributed by atoms with van der Waals surface area (Å²) in [5.74, 6) is -8.14. The van der Waals surface area contributed by atoms with Crippen LogP contribution in [0.3, 0.4) is 0 Å². The smallest absolute Gasteiger partial charge is 0.321 e. The van der Waals surface area contributed by atoms with Gasteiger partial charge in [-0.2, -0.15) is 22.0 Å². The number of benzene rings is 1. The van der Waals surface area contributed by atoms with Crippen molar-refractivity contribution in [3.63, 3.8) is 0 Å². The zero-order valence-electron chi connectivity index (χ0n) is 10.1. The summed E-state index contributed by atoms with van der Waals surface area (Å²) in [4.78, 5) is 10.6. The number of rotatable bonds is 3. The molecular weight excluding hydrogens is 345 g/mol. The summed E-state index contributed by atoms with van der Waals surface area (Å²) in [6.45, 7) is 1.23. The van der Waals surface area contributed by atoms with E-state index >= 15 is 0 Å². The zero-order chi connectivity index (χ0) is 16.6. The molecule has 1 N–H and O–H groups in total. The number of amides is 1. The van der Waals surface area contributed by atoms with Crippen molar-refractivity contribution in [1.29, 1.82) is 0 Å². The Balaban J connectivity index is 3.06. The Morgan fingerprint density at radius 2 is 1.71 bits per heavy atom. The quantitative estimate of drug-likeness (QED) is 0.672. The predicted molar refractivity (Wildman–Crippen MR) is 63.8 cm³/mol. The minimum Gasteiger partial charge on any atom is -0.321 e. The van der Waals surface area contributed by atoms with Crippen molar-refractivity contribution in [2.45, 2.75) is 23.9 Å². The van der Waals surface area contributed by atoms with Gasteiger partial charge in [0, 0.05) is 16.4 Å². The van der Waals surface area contributed by atoms with Gasteiger partial charge >= 0.3 is 18.0 Å². The molecule has 0 fully saturated rings. The van der Waals surface area contributed by atoms with Crippen molar-refractivity contribution >= 4 is 31.3 Å². The van der Waals surface area contributed by atoms with Gasteiger partial charge in [-0.05, 0) is 30.7 Å². The molecule has 4 nitrogen and oxygen atoms in total. The number of hydrogen-bond acceptors (Lipinski definition) is 3. The lowest BCUT2D eigenvalue weighted by Gasteiger charge is -2.18. The van der Waals surface area contributed by atoms with E-state index < -0.39 is 32.7 Å². The Morgan fingerprint density at radius 3 is 2.10 bits per heavy atom. The maximum Gasteiger partial charge on any atom is 0.463 e. The fourth-order valence-electron chi connectivity index (χ4n) is 1.34. The molecule has 0 atom stereocenters. The molecule has 0 aliphatic rings. The number of carbonyl (C=O) groups excluding carboxylic acids is 1. The molecule has 0 unspecified atom stereocenters. The minimum absolute atomic E-state index is 0.0295. The van der Waals surface area contributed by atoms with E-state index in [1.807, 2.05) is 0 Å². The predicted octanol–water partition coefficient (Wildman–Crippen LogP) is 3.06. The molecule has 0 saturated carbocycles. The molecule has 1 amide bonds. The van der Waals surface area contributed by atoms with E-state index in [0.717, 1.165) is 18.2 Å². The van der Waals surface area contributed by atoms with Crippen molar-refractivity contribution in [3.05, 3.63) is 23.8 Å². The van der Waals surface area contributed by atoms with E-state index in [4.69, 9.17) is 10.7 Å². The van der Waals surface area contributed by atoms with E-state index in [0.29, 0.717) is 0 Å². The van der Waals surface area contributed by atoms with Crippen LogP contribution in [-0.2, 0) is 13.8 Å². The van der Waals surface area contributed by atoms with E-state index in [-0.39, 0.29) is 10.5 Å². The summed E-state index contributed by atoms with van der Waals surface area (Å²) in [7, 11) is 0.971. The van der Waals surface area contributed by atoms with Crippen LogP contribution in [0, 0.1) is 6.92 Å². The van der Waals surface area contributed by atoms with E-state index in [1.54, 1.807) is 0 Å². The SMILES string of the molecule is Cc1cc(NC(=O)C(F)(F)C(F)(F)F)ccc1S(=O)(=O)Cl. The Bertz CT molecular complexity index is 672. The van der Waals surface area contributed by atoms with Crippen LogP contribution < -0.4 is 5.32 Å². The minimum atomic E-state index is -6.04. The number of halogens is 6. The second-order valence-corrected chi connectivity index (χ2v) is 6.48. The second-order valence-electron chi connectivity index (χ2n) is 3.94. The third-order valence-electron chi connectivity index (χ3n) is 2.34. The summed E-state index contributed by atoms with van der Waals surface area (Å²) in [5.41, 5.74) is -0.455. The highest BCUT2D eigenvalue weighted by Gasteiger charge is 2.63. The van der Waals surface area contributed by atoms with Gasteiger partial charge in [-0.3, -0.25) is 4.79 Å². The number of aryl methyl sites for hydroxylation is 1. The normalized spacial score (nSPS) is 13.1. The molecule has 0 saturated heterocycles. The zero-order valence-corrected chi connectivity index (χ0v) is 11.7. The topological polar surface area (TPSA) is 63.2 Å². The van der Waals surface area contributed by atoms with Crippen molar-refractivity contribution in [2.24, 2.45) is 0 Å². The highest BCUT2D eigenvalue weighted by Crippen LogP contribution is 2.36. The fourth-order valence-corrected chi connectivity index (χ4v) is 2.53. The summed E-state index contributed by atoms with van der Waals surface area (Å²) < 4.78 is 83.6. The molecule has 1 aromatic carbocycles. The van der Waals surface area contributed by atoms with Gasteiger partial charge in [0.25, 0.3) is 9.05 Å². The van der Waals surface area contributed by atoms with E-state index in [9.17, 15) is 35.2 Å². The summed E-state index contributed by atoms with van der Waals surface area (Å²) in [6, 6.07) is 2.62. The van der Waals surface area contributed by atoms with Crippen LogP contribution in [0.5, 0.6) is 0 Å². The Hall–Kier alpha value is -1.42. The summed E-state index contributed by atoms with van der Waals surface area (Å²) in [5, 5.41) is 1.36. The first-order valence-corrected chi connectivity index (χ1v) is 7.39. The van der Waals surface area contributed by atoms with Gasteiger partial charge in [-0.1, -0.05) is 0 Å². The molecule has 1 aromatic rings. The summed E-state index contributed by atoms with van der Waals surface area (Å²) in [6.07, 6.45) is -6.04. The van der Waals surface area contributed by atoms with Gasteiger partial charge in [-0.25, -0.2) is 8.42 Å². The Morgan fingerprint density at radius 1 is 1.19 bits per heavy atom. The molecular formula is C10H7ClF5NO3S. The van der Waals surface area contributed by atoms with Crippen molar-refractivity contribution in [2.75, 3.05) is 5.32 Å². The lowest BCUT2D eigenvalue weighted by molar-refractivity contribution is -0.267. The Labute approximate surface area is 120 Å². The Kier molecular flexibility index (Phi) is 4.54. The highest BCUT2D eigenvalue weighted by molar-refractivity contribution is 8.13. The molecule has 0 spiro atoms. The summed E-state index contributed by atoms with van der Waals surface area (Å²) >= 11 is 0. The molecule has 0 aliphatic carbocycles. The average Bonchev–Trinajstić information content (AvgIpc) is 2.25. The molecule has 11 heteroatoms. The van der Waals surface area contributed by atoms with Crippen LogP contribution in [0.25, 0.3) is 0 Å². The maximum absolute atomic E-state index is 12.7. The number of anilines is 1. The van der Waals surface area contributed by atoms with Crippen molar-refractivity contribution in [1.82, 2.24) is 0 Å². The van der Waals surface area contributed by atoms with Crippen LogP contribution in [0.15, 0.2) is 23.1 Å². The van der Waals surface area contributed by atoms with Gasteiger partial charge < -0.3 is 5.32 Å². The largest absolute Gasteiger partial charge is 0.463 e. The molecule has 0 heterocycles. The first kappa shape index (κ1) is 17.6. The lowest BCUT2D eigenvalue weighted by Crippen LogP contribution is -2.47. The molecule has 0 bridgehead atoms. The lowest BCUT2D eigenvalue weighted by atomic mass is 10.2. The van der Waals surface area contributed by atoms with Crippen LogP contribution in [0.1, 0.15) is 5.56 Å². The van der Waals surface area contributed by atoms with Crippen LogP contribution in [0.4, 0.5) is 27.6 Å². The number of carbonyl (C=O) groups is 1. The number of hydrogen-bond donors (Lipinski definition) is 1. The van der Waals surface area contributed by atoms with Gasteiger partial charge in [0.1, 0.15) is 0 Å². The average molecular weight is 352 g/mol. The molecule has 118 valence electrons. The van der Waals surface area contributed by atoms with E-state index in [1.165, 1.54) is 12.2 Å². The second kappa shape index (κ2) is 5.41. The standard InChI is InChI=1S/C10H7ClF5NO3S/c1-5-4-6(2-3-7(5)21(11,19)20)17-8(18)9(12,13)10(14,15)16/h2-4H,1H3,(H,17,18). The molecule has 1 rings (SSSR count). The first-order chi connectivity index (χ1) is 9.26. The van der Waals surface area contributed by atoms with Crippen molar-refractivity contribution < 1.29 is 35.2 Å². The fraction of sp³-hybridized carbons (Fsp3) is 0.300. The highest BCUT2D eigenvalue weighted by atomic mass is 35.7. The third kappa shape index (κ3) is 3.82. The maximum atomic E-state index is 12.7. The first-order valence-electron chi connectivity index (χ1n) is 5.08. The van der Waals surface area contributed by atoms with Gasteiger partial charge in [-0.15, -0.1) is 0 Å². The van der Waals surface area contributed by atoms with Crippen LogP contribution in [0.2, 0.25) is 0 Å². The van der Waals surface area contributed by atoms with Crippen LogP contribution in [-0.4, -0.2) is 26.4 Å². The molecule has 0 radical (unpaired) electrons.